The summed E-state index contributed by atoms with van der Waals surface area (Å²) in [5, 5.41) is 8.03. The lowest BCUT2D eigenvalue weighted by Crippen LogP contribution is -2.18. The van der Waals surface area contributed by atoms with E-state index >= 15 is 0 Å². The Bertz CT molecular complexity index is 671. The van der Waals surface area contributed by atoms with Crippen LogP contribution in [0.25, 0.3) is 0 Å². The fourth-order valence-electron chi connectivity index (χ4n) is 1.69. The van der Waals surface area contributed by atoms with Gasteiger partial charge in [0.25, 0.3) is 0 Å². The Hall–Kier alpha value is -1.44. The van der Waals surface area contributed by atoms with Crippen LogP contribution in [0.5, 0.6) is 0 Å². The van der Waals surface area contributed by atoms with Gasteiger partial charge in [-0.2, -0.15) is 0 Å². The molecule has 0 aliphatic carbocycles. The molecule has 2 aromatic carbocycles. The largest absolute Gasteiger partial charge is 0.382 e. The molecule has 0 unspecified atom stereocenters. The second-order valence-corrected chi connectivity index (χ2v) is 6.28. The molecule has 0 aromatic heterocycles. The Morgan fingerprint density at radius 1 is 0.909 bits per heavy atom. The smallest absolute Gasteiger partial charge is 0.157 e. The fraction of sp³-hybridized carbons (Fsp3) is 0. The minimum Gasteiger partial charge on any atom is -0.382 e. The van der Waals surface area contributed by atoms with Gasteiger partial charge in [-0.15, -0.1) is 10.2 Å². The molecule has 4 nitrogen and oxygen atoms in total. The number of rotatable bonds is 3. The maximum atomic E-state index is 13.8. The lowest BCUT2D eigenvalue weighted by Gasteiger charge is -2.06. The molecule has 4 N–H and O–H groups in total. The van der Waals surface area contributed by atoms with Crippen LogP contribution in [0.15, 0.2) is 55.5 Å². The van der Waals surface area contributed by atoms with Crippen LogP contribution >= 0.6 is 43.5 Å². The number of nitrogens with zero attached hydrogens (tertiary/aromatic N) is 2. The molecule has 0 fully saturated rings. The van der Waals surface area contributed by atoms with Crippen LogP contribution in [0, 0.1) is 5.82 Å². The second-order valence-electron chi connectivity index (χ2n) is 4.16. The van der Waals surface area contributed by atoms with Crippen molar-refractivity contribution in [1.82, 2.24) is 0 Å². The molecular formula is C14H10Br2ClFN4. The van der Waals surface area contributed by atoms with E-state index in [-0.39, 0.29) is 17.2 Å². The molecule has 0 aliphatic heterocycles. The van der Waals surface area contributed by atoms with Crippen molar-refractivity contribution >= 4 is 55.1 Å². The molecule has 0 atom stereocenters. The Labute approximate surface area is 148 Å². The Balaban J connectivity index is 2.41. The van der Waals surface area contributed by atoms with E-state index in [1.807, 2.05) is 0 Å². The van der Waals surface area contributed by atoms with Crippen LogP contribution in [0.1, 0.15) is 11.1 Å². The SMILES string of the molecule is N/C(=N\N=C(/N)c1c(Cl)cccc1Br)c1c(F)cccc1Br. The minimum absolute atomic E-state index is 0.0629. The number of hydrogen-bond donors (Lipinski definition) is 2. The second kappa shape index (κ2) is 7.21. The summed E-state index contributed by atoms with van der Waals surface area (Å²) in [5.74, 6) is -0.549. The molecule has 0 saturated carbocycles. The number of benzene rings is 2. The lowest BCUT2D eigenvalue weighted by atomic mass is 10.2. The molecule has 0 bridgehead atoms. The van der Waals surface area contributed by atoms with Gasteiger partial charge in [-0.1, -0.05) is 23.7 Å². The first-order valence-electron chi connectivity index (χ1n) is 5.97. The van der Waals surface area contributed by atoms with Crippen LogP contribution in [0.2, 0.25) is 5.02 Å². The monoisotopic (exact) mass is 446 g/mol. The molecule has 8 heteroatoms. The third kappa shape index (κ3) is 3.66. The van der Waals surface area contributed by atoms with E-state index in [1.54, 1.807) is 30.3 Å². The zero-order valence-electron chi connectivity index (χ0n) is 11.0. The van der Waals surface area contributed by atoms with Crippen molar-refractivity contribution in [2.75, 3.05) is 0 Å². The lowest BCUT2D eigenvalue weighted by molar-refractivity contribution is 0.624. The van der Waals surface area contributed by atoms with Gasteiger partial charge in [-0.05, 0) is 56.1 Å². The van der Waals surface area contributed by atoms with E-state index in [9.17, 15) is 4.39 Å². The van der Waals surface area contributed by atoms with E-state index in [4.69, 9.17) is 23.1 Å². The summed E-state index contributed by atoms with van der Waals surface area (Å²) in [4.78, 5) is 0. The molecule has 0 saturated heterocycles. The van der Waals surface area contributed by atoms with Crippen molar-refractivity contribution in [1.29, 1.82) is 0 Å². The van der Waals surface area contributed by atoms with Gasteiger partial charge in [0.05, 0.1) is 16.1 Å². The summed E-state index contributed by atoms with van der Waals surface area (Å²) in [7, 11) is 0. The van der Waals surface area contributed by atoms with Crippen molar-refractivity contribution in [3.05, 3.63) is 67.3 Å². The number of nitrogens with two attached hydrogens (primary N) is 2. The van der Waals surface area contributed by atoms with Gasteiger partial charge < -0.3 is 11.5 Å². The summed E-state index contributed by atoms with van der Waals surface area (Å²) < 4.78 is 14.9. The third-order valence-corrected chi connectivity index (χ3v) is 4.34. The van der Waals surface area contributed by atoms with E-state index < -0.39 is 5.82 Å². The van der Waals surface area contributed by atoms with Gasteiger partial charge in [-0.25, -0.2) is 4.39 Å². The highest BCUT2D eigenvalue weighted by molar-refractivity contribution is 9.10. The van der Waals surface area contributed by atoms with Gasteiger partial charge in [0.2, 0.25) is 0 Å². The third-order valence-electron chi connectivity index (χ3n) is 2.70. The van der Waals surface area contributed by atoms with Gasteiger partial charge >= 0.3 is 0 Å². The molecule has 114 valence electrons. The van der Waals surface area contributed by atoms with Crippen LogP contribution in [-0.2, 0) is 0 Å². The molecular weight excluding hydrogens is 438 g/mol. The molecule has 0 amide bonds. The van der Waals surface area contributed by atoms with E-state index in [0.29, 0.717) is 19.5 Å². The summed E-state index contributed by atoms with van der Waals surface area (Å²) in [6.07, 6.45) is 0. The molecule has 22 heavy (non-hydrogen) atoms. The highest BCUT2D eigenvalue weighted by Gasteiger charge is 2.12. The Morgan fingerprint density at radius 2 is 1.41 bits per heavy atom. The maximum absolute atomic E-state index is 13.8. The van der Waals surface area contributed by atoms with Gasteiger partial charge in [-0.3, -0.25) is 0 Å². The highest BCUT2D eigenvalue weighted by Crippen LogP contribution is 2.24. The first kappa shape index (κ1) is 16.9. The minimum atomic E-state index is -0.511. The van der Waals surface area contributed by atoms with E-state index in [2.05, 4.69) is 42.1 Å². The van der Waals surface area contributed by atoms with E-state index in [1.165, 1.54) is 6.07 Å². The summed E-state index contributed by atoms with van der Waals surface area (Å²) >= 11 is 12.6. The Morgan fingerprint density at radius 3 is 1.95 bits per heavy atom. The first-order valence-corrected chi connectivity index (χ1v) is 7.93. The zero-order chi connectivity index (χ0) is 16.3. The quantitative estimate of drug-likeness (QED) is 0.423. The van der Waals surface area contributed by atoms with Crippen molar-refractivity contribution in [3.63, 3.8) is 0 Å². The molecule has 2 aromatic rings. The average Bonchev–Trinajstić information content (AvgIpc) is 2.44. The highest BCUT2D eigenvalue weighted by atomic mass is 79.9. The first-order chi connectivity index (χ1) is 10.4. The maximum Gasteiger partial charge on any atom is 0.157 e. The molecule has 0 spiro atoms. The predicted octanol–water partition coefficient (Wildman–Crippen LogP) is 4.03. The summed E-state index contributed by atoms with van der Waals surface area (Å²) in [6.45, 7) is 0. The number of amidine groups is 2. The van der Waals surface area contributed by atoms with Crippen LogP contribution in [0.4, 0.5) is 4.39 Å². The zero-order valence-corrected chi connectivity index (χ0v) is 15.0. The van der Waals surface area contributed by atoms with Crippen molar-refractivity contribution in [2.24, 2.45) is 21.7 Å². The normalized spacial score (nSPS) is 12.5. The predicted molar refractivity (Wildman–Crippen MR) is 94.7 cm³/mol. The average molecular weight is 449 g/mol. The van der Waals surface area contributed by atoms with Crippen LogP contribution < -0.4 is 11.5 Å². The van der Waals surface area contributed by atoms with Crippen LogP contribution in [-0.4, -0.2) is 11.7 Å². The van der Waals surface area contributed by atoms with Crippen molar-refractivity contribution in [3.8, 4) is 0 Å². The fourth-order valence-corrected chi connectivity index (χ4v) is 3.19. The molecule has 0 aliphatic rings. The van der Waals surface area contributed by atoms with Crippen molar-refractivity contribution in [2.45, 2.75) is 0 Å². The number of hydrogen-bond acceptors (Lipinski definition) is 2. The topological polar surface area (TPSA) is 76.8 Å². The van der Waals surface area contributed by atoms with Gasteiger partial charge in [0.15, 0.2) is 11.7 Å². The van der Waals surface area contributed by atoms with Crippen LogP contribution in [0.3, 0.4) is 0 Å². The summed E-state index contributed by atoms with van der Waals surface area (Å²) in [6, 6.07) is 9.68. The molecule has 0 heterocycles. The Kier molecular flexibility index (Phi) is 5.55. The summed E-state index contributed by atoms with van der Waals surface area (Å²) in [5.41, 5.74) is 12.3. The van der Waals surface area contributed by atoms with Crippen molar-refractivity contribution < 1.29 is 4.39 Å². The number of halogens is 4. The molecule has 0 radical (unpaired) electrons. The standard InChI is InChI=1S/C14H10Br2ClFN4/c15-7-3-1-5-9(17)11(7)13(19)21-22-14(20)12-8(16)4-2-6-10(12)18/h1-6H,(H2,19,21)(H2,20,22). The molecule has 2 rings (SSSR count). The van der Waals surface area contributed by atoms with Gasteiger partial charge in [0.1, 0.15) is 5.82 Å². The van der Waals surface area contributed by atoms with E-state index in [0.717, 1.165) is 0 Å². The van der Waals surface area contributed by atoms with Gasteiger partial charge in [0, 0.05) is 8.95 Å².